The average Bonchev–Trinajstić information content (AvgIpc) is 2.60. The zero-order valence-corrected chi connectivity index (χ0v) is 10.2. The number of carboxylic acid groups (broad SMARTS) is 1. The number of allylic oxidation sites excluding steroid dienone is 1. The number of Topliss-reactive ketones (excluding diaryl/α,β-unsaturated/α-hetero) is 1. The van der Waals surface area contributed by atoms with E-state index in [4.69, 9.17) is 9.84 Å². The van der Waals surface area contributed by atoms with E-state index in [-0.39, 0.29) is 24.0 Å². The predicted octanol–water partition coefficient (Wildman–Crippen LogP) is 2.04. The number of carbonyl (C=O) groups is 2. The molecule has 0 aliphatic heterocycles. The van der Waals surface area contributed by atoms with E-state index in [1.807, 2.05) is 12.2 Å². The van der Waals surface area contributed by atoms with Gasteiger partial charge in [-0.3, -0.25) is 9.59 Å². The van der Waals surface area contributed by atoms with E-state index < -0.39 is 5.97 Å². The van der Waals surface area contributed by atoms with Gasteiger partial charge in [-0.2, -0.15) is 0 Å². The molecule has 1 aliphatic carbocycles. The van der Waals surface area contributed by atoms with Gasteiger partial charge in [0.05, 0.1) is 0 Å². The largest absolute Gasteiger partial charge is 0.481 e. The minimum atomic E-state index is -0.807. The van der Waals surface area contributed by atoms with Crippen LogP contribution in [0.2, 0.25) is 0 Å². The zero-order valence-electron chi connectivity index (χ0n) is 10.2. The molecule has 0 aromatic rings. The molecule has 0 bridgehead atoms. The van der Waals surface area contributed by atoms with Gasteiger partial charge in [0.15, 0.2) is 0 Å². The molecule has 1 N–H and O–H groups in total. The molecule has 1 fully saturated rings. The SMILES string of the molecule is COCC/C=C\CC1C(=O)CCC1CC(=O)O. The summed E-state index contributed by atoms with van der Waals surface area (Å²) in [7, 11) is 1.65. The fraction of sp³-hybridized carbons (Fsp3) is 0.692. The summed E-state index contributed by atoms with van der Waals surface area (Å²) in [5, 5.41) is 8.77. The number of carboxylic acids is 1. The topological polar surface area (TPSA) is 63.6 Å². The van der Waals surface area contributed by atoms with Crippen LogP contribution >= 0.6 is 0 Å². The molecule has 1 rings (SSSR count). The zero-order chi connectivity index (χ0) is 12.7. The highest BCUT2D eigenvalue weighted by Crippen LogP contribution is 2.33. The minimum Gasteiger partial charge on any atom is -0.481 e. The molecule has 0 aromatic carbocycles. The molecule has 0 saturated heterocycles. The second kappa shape index (κ2) is 7.22. The lowest BCUT2D eigenvalue weighted by Crippen LogP contribution is -2.17. The number of ether oxygens (including phenoxy) is 1. The Morgan fingerprint density at radius 2 is 2.29 bits per heavy atom. The maximum Gasteiger partial charge on any atom is 0.303 e. The number of aliphatic carboxylic acids is 1. The van der Waals surface area contributed by atoms with E-state index in [0.29, 0.717) is 19.4 Å². The van der Waals surface area contributed by atoms with Gasteiger partial charge in [0.25, 0.3) is 0 Å². The first kappa shape index (κ1) is 13.9. The van der Waals surface area contributed by atoms with Crippen molar-refractivity contribution >= 4 is 11.8 Å². The van der Waals surface area contributed by atoms with Gasteiger partial charge in [-0.25, -0.2) is 0 Å². The van der Waals surface area contributed by atoms with E-state index in [2.05, 4.69) is 0 Å². The minimum absolute atomic E-state index is 0.0204. The Balaban J connectivity index is 2.40. The summed E-state index contributed by atoms with van der Waals surface area (Å²) in [6, 6.07) is 0. The lowest BCUT2D eigenvalue weighted by atomic mass is 9.89. The van der Waals surface area contributed by atoms with Crippen molar-refractivity contribution in [3.63, 3.8) is 0 Å². The fourth-order valence-electron chi connectivity index (χ4n) is 2.32. The molecule has 1 saturated carbocycles. The third kappa shape index (κ3) is 4.69. The number of methoxy groups -OCH3 is 1. The van der Waals surface area contributed by atoms with Crippen molar-refractivity contribution in [3.05, 3.63) is 12.2 Å². The van der Waals surface area contributed by atoms with Crippen molar-refractivity contribution in [2.45, 2.75) is 32.1 Å². The molecule has 0 spiro atoms. The second-order valence-electron chi connectivity index (χ2n) is 4.46. The molecule has 0 radical (unpaired) electrons. The van der Waals surface area contributed by atoms with Crippen molar-refractivity contribution in [2.24, 2.45) is 11.8 Å². The van der Waals surface area contributed by atoms with Gasteiger partial charge in [0, 0.05) is 32.5 Å². The van der Waals surface area contributed by atoms with Crippen LogP contribution in [0, 0.1) is 11.8 Å². The molecule has 0 aromatic heterocycles. The lowest BCUT2D eigenvalue weighted by molar-refractivity contribution is -0.138. The molecule has 0 heterocycles. The summed E-state index contributed by atoms with van der Waals surface area (Å²) >= 11 is 0. The predicted molar refractivity (Wildman–Crippen MR) is 63.7 cm³/mol. The molecule has 0 amide bonds. The molecular formula is C13H20O4. The third-order valence-corrected chi connectivity index (χ3v) is 3.23. The Labute approximate surface area is 102 Å². The Hall–Kier alpha value is -1.16. The van der Waals surface area contributed by atoms with Crippen LogP contribution in [0.1, 0.15) is 32.1 Å². The molecular weight excluding hydrogens is 220 g/mol. The van der Waals surface area contributed by atoms with Gasteiger partial charge in [0.2, 0.25) is 0 Å². The van der Waals surface area contributed by atoms with Gasteiger partial charge >= 0.3 is 5.97 Å². The molecule has 2 unspecified atom stereocenters. The summed E-state index contributed by atoms with van der Waals surface area (Å²) in [5.74, 6) is -0.664. The third-order valence-electron chi connectivity index (χ3n) is 3.23. The van der Waals surface area contributed by atoms with Crippen molar-refractivity contribution in [3.8, 4) is 0 Å². The van der Waals surface area contributed by atoms with E-state index in [0.717, 1.165) is 12.8 Å². The lowest BCUT2D eigenvalue weighted by Gasteiger charge is -2.14. The second-order valence-corrected chi connectivity index (χ2v) is 4.46. The average molecular weight is 240 g/mol. The first-order valence-corrected chi connectivity index (χ1v) is 6.03. The van der Waals surface area contributed by atoms with E-state index in [1.54, 1.807) is 7.11 Å². The number of rotatable bonds is 7. The van der Waals surface area contributed by atoms with E-state index in [9.17, 15) is 9.59 Å². The molecule has 2 atom stereocenters. The quantitative estimate of drug-likeness (QED) is 0.546. The van der Waals surface area contributed by atoms with Crippen molar-refractivity contribution < 1.29 is 19.4 Å². The maximum atomic E-state index is 11.6. The molecule has 4 heteroatoms. The van der Waals surface area contributed by atoms with Gasteiger partial charge in [-0.15, -0.1) is 0 Å². The van der Waals surface area contributed by atoms with Crippen molar-refractivity contribution in [1.82, 2.24) is 0 Å². The Morgan fingerprint density at radius 1 is 1.53 bits per heavy atom. The van der Waals surface area contributed by atoms with Gasteiger partial charge in [-0.05, 0) is 25.2 Å². The monoisotopic (exact) mass is 240 g/mol. The van der Waals surface area contributed by atoms with E-state index >= 15 is 0 Å². The fourth-order valence-corrected chi connectivity index (χ4v) is 2.32. The highest BCUT2D eigenvalue weighted by molar-refractivity contribution is 5.84. The molecule has 1 aliphatic rings. The van der Waals surface area contributed by atoms with Crippen LogP contribution in [0.25, 0.3) is 0 Å². The molecule has 4 nitrogen and oxygen atoms in total. The standard InChI is InChI=1S/C13H20O4/c1-17-8-4-2-3-5-11-10(9-13(15)16)6-7-12(11)14/h2-3,10-11H,4-9H2,1H3,(H,15,16)/b3-2-. The first-order valence-electron chi connectivity index (χ1n) is 6.03. The van der Waals surface area contributed by atoms with Gasteiger partial charge in [-0.1, -0.05) is 12.2 Å². The summed E-state index contributed by atoms with van der Waals surface area (Å²) in [4.78, 5) is 22.3. The summed E-state index contributed by atoms with van der Waals surface area (Å²) < 4.78 is 4.91. The summed E-state index contributed by atoms with van der Waals surface area (Å²) in [6.45, 7) is 0.674. The van der Waals surface area contributed by atoms with Crippen LogP contribution in [0.3, 0.4) is 0 Å². The Morgan fingerprint density at radius 3 is 2.94 bits per heavy atom. The number of hydrogen-bond acceptors (Lipinski definition) is 3. The maximum absolute atomic E-state index is 11.6. The van der Waals surface area contributed by atoms with Gasteiger partial charge < -0.3 is 9.84 Å². The van der Waals surface area contributed by atoms with Crippen LogP contribution in [-0.4, -0.2) is 30.6 Å². The Kier molecular flexibility index (Phi) is 5.91. The van der Waals surface area contributed by atoms with Crippen LogP contribution in [0.4, 0.5) is 0 Å². The highest BCUT2D eigenvalue weighted by atomic mass is 16.5. The molecule has 96 valence electrons. The van der Waals surface area contributed by atoms with Crippen LogP contribution in [-0.2, 0) is 14.3 Å². The Bertz CT molecular complexity index is 296. The number of hydrogen-bond donors (Lipinski definition) is 1. The summed E-state index contributed by atoms with van der Waals surface area (Å²) in [5.41, 5.74) is 0. The highest BCUT2D eigenvalue weighted by Gasteiger charge is 2.34. The van der Waals surface area contributed by atoms with Crippen LogP contribution in [0.5, 0.6) is 0 Å². The van der Waals surface area contributed by atoms with Crippen molar-refractivity contribution in [1.29, 1.82) is 0 Å². The molecule has 17 heavy (non-hydrogen) atoms. The van der Waals surface area contributed by atoms with Crippen LogP contribution < -0.4 is 0 Å². The van der Waals surface area contributed by atoms with Crippen molar-refractivity contribution in [2.75, 3.05) is 13.7 Å². The number of ketones is 1. The normalized spacial score (nSPS) is 24.6. The van der Waals surface area contributed by atoms with Crippen LogP contribution in [0.15, 0.2) is 12.2 Å². The number of carbonyl (C=O) groups excluding carboxylic acids is 1. The van der Waals surface area contributed by atoms with Gasteiger partial charge in [0.1, 0.15) is 5.78 Å². The summed E-state index contributed by atoms with van der Waals surface area (Å²) in [6.07, 6.45) is 6.84. The first-order chi connectivity index (χ1) is 8.15. The van der Waals surface area contributed by atoms with E-state index in [1.165, 1.54) is 0 Å². The smallest absolute Gasteiger partial charge is 0.303 e.